The molecule has 4 nitrogen and oxygen atoms in total. The van der Waals surface area contributed by atoms with E-state index in [0.717, 1.165) is 5.69 Å². The van der Waals surface area contributed by atoms with Gasteiger partial charge in [-0.3, -0.25) is 4.98 Å². The molecule has 11 heavy (non-hydrogen) atoms. The number of nitrogens with zero attached hydrogens (tertiary/aromatic N) is 4. The Morgan fingerprint density at radius 2 is 2.45 bits per heavy atom. The molecule has 2 aromatic heterocycles. The van der Waals surface area contributed by atoms with Gasteiger partial charge < -0.3 is 0 Å². The largest absolute Gasteiger partial charge is 0.262 e. The predicted molar refractivity (Wildman–Crippen MR) is 38.0 cm³/mol. The summed E-state index contributed by atoms with van der Waals surface area (Å²) in [6.07, 6.45) is 7.68. The number of hydrogen-bond acceptors (Lipinski definition) is 3. The smallest absolute Gasteiger partial charge is 0.135 e. The Bertz CT molecular complexity index is 313. The molecule has 2 heterocycles. The first-order chi connectivity index (χ1) is 5.47. The monoisotopic (exact) mass is 145 g/mol. The minimum atomic E-state index is 0.890. The van der Waals surface area contributed by atoms with Crippen molar-refractivity contribution in [1.82, 2.24) is 20.0 Å². The molecule has 2 aromatic rings. The van der Waals surface area contributed by atoms with Crippen LogP contribution in [0, 0.1) is 6.20 Å². The lowest BCUT2D eigenvalue weighted by molar-refractivity contribution is 0.799. The zero-order valence-corrected chi connectivity index (χ0v) is 5.68. The van der Waals surface area contributed by atoms with Crippen LogP contribution >= 0.6 is 0 Å². The average Bonchev–Trinajstić information content (AvgIpc) is 2.58. The second-order valence-electron chi connectivity index (χ2n) is 2.00. The zero-order valence-electron chi connectivity index (χ0n) is 5.68. The van der Waals surface area contributed by atoms with Crippen LogP contribution in [0.3, 0.4) is 0 Å². The summed E-state index contributed by atoms with van der Waals surface area (Å²) in [4.78, 5) is 3.94. The molecular formula is C7H5N4. The van der Waals surface area contributed by atoms with E-state index >= 15 is 0 Å². The van der Waals surface area contributed by atoms with Gasteiger partial charge in [0.1, 0.15) is 6.20 Å². The summed E-state index contributed by atoms with van der Waals surface area (Å²) in [5.74, 6) is 0. The topological polar surface area (TPSA) is 43.6 Å². The van der Waals surface area contributed by atoms with Crippen molar-refractivity contribution in [2.75, 3.05) is 0 Å². The summed E-state index contributed by atoms with van der Waals surface area (Å²) in [6.45, 7) is 0. The van der Waals surface area contributed by atoms with Crippen LogP contribution < -0.4 is 0 Å². The Labute approximate surface area is 63.5 Å². The lowest BCUT2D eigenvalue weighted by Crippen LogP contribution is -1.94. The Morgan fingerprint density at radius 3 is 3.09 bits per heavy atom. The summed E-state index contributed by atoms with van der Waals surface area (Å²) in [6, 6.07) is 3.74. The van der Waals surface area contributed by atoms with Gasteiger partial charge in [0.25, 0.3) is 0 Å². The fourth-order valence-electron chi connectivity index (χ4n) is 0.796. The van der Waals surface area contributed by atoms with E-state index in [1.165, 1.54) is 0 Å². The molecule has 1 radical (unpaired) electrons. The third kappa shape index (κ3) is 1.10. The highest BCUT2D eigenvalue weighted by Crippen LogP contribution is 1.99. The van der Waals surface area contributed by atoms with Crippen molar-refractivity contribution in [2.24, 2.45) is 0 Å². The van der Waals surface area contributed by atoms with E-state index in [2.05, 4.69) is 21.5 Å². The standard InChI is InChI=1S/C7H5N4/c1-2-7(6-8-3-1)11-5-4-9-10-11/h1-3,5-6H. The van der Waals surface area contributed by atoms with Crippen LogP contribution in [0.25, 0.3) is 5.69 Å². The van der Waals surface area contributed by atoms with E-state index in [1.807, 2.05) is 12.1 Å². The molecular weight excluding hydrogens is 140 g/mol. The van der Waals surface area contributed by atoms with Crippen molar-refractivity contribution in [1.29, 1.82) is 0 Å². The van der Waals surface area contributed by atoms with Crippen LogP contribution in [0.4, 0.5) is 0 Å². The molecule has 0 aliphatic carbocycles. The molecule has 0 unspecified atom stereocenters. The molecule has 0 N–H and O–H groups in total. The van der Waals surface area contributed by atoms with Crippen LogP contribution in [0.1, 0.15) is 0 Å². The molecule has 0 aromatic carbocycles. The van der Waals surface area contributed by atoms with Crippen LogP contribution in [0.5, 0.6) is 0 Å². The second-order valence-corrected chi connectivity index (χ2v) is 2.00. The highest BCUT2D eigenvalue weighted by Gasteiger charge is 1.93. The van der Waals surface area contributed by atoms with Gasteiger partial charge in [0.2, 0.25) is 0 Å². The van der Waals surface area contributed by atoms with Crippen molar-refractivity contribution < 1.29 is 0 Å². The van der Waals surface area contributed by atoms with Gasteiger partial charge in [0, 0.05) is 6.20 Å². The highest BCUT2D eigenvalue weighted by molar-refractivity contribution is 5.24. The van der Waals surface area contributed by atoms with Gasteiger partial charge in [0.05, 0.1) is 18.1 Å². The summed E-state index contributed by atoms with van der Waals surface area (Å²) in [5, 5.41) is 7.32. The van der Waals surface area contributed by atoms with Crippen LogP contribution in [-0.2, 0) is 0 Å². The Balaban J connectivity index is 2.46. The second kappa shape index (κ2) is 2.49. The van der Waals surface area contributed by atoms with E-state index in [9.17, 15) is 0 Å². The molecule has 53 valence electrons. The maximum Gasteiger partial charge on any atom is 0.135 e. The number of aromatic nitrogens is 4. The molecule has 0 aliphatic heterocycles. The van der Waals surface area contributed by atoms with Gasteiger partial charge in [0.15, 0.2) is 0 Å². The fraction of sp³-hybridized carbons (Fsp3) is 0. The molecule has 0 fully saturated rings. The summed E-state index contributed by atoms with van der Waals surface area (Å²) in [5.41, 5.74) is 0.890. The van der Waals surface area contributed by atoms with Gasteiger partial charge >= 0.3 is 0 Å². The minimum Gasteiger partial charge on any atom is -0.262 e. The summed E-state index contributed by atoms with van der Waals surface area (Å²) >= 11 is 0. The van der Waals surface area contributed by atoms with Gasteiger partial charge in [-0.1, -0.05) is 5.21 Å². The molecule has 0 spiro atoms. The van der Waals surface area contributed by atoms with E-state index < -0.39 is 0 Å². The molecule has 2 rings (SSSR count). The maximum absolute atomic E-state index is 3.94. The van der Waals surface area contributed by atoms with Crippen molar-refractivity contribution in [3.05, 3.63) is 36.9 Å². The first-order valence-electron chi connectivity index (χ1n) is 3.15. The van der Waals surface area contributed by atoms with Gasteiger partial charge in [-0.2, -0.15) is 0 Å². The van der Waals surface area contributed by atoms with Crippen molar-refractivity contribution >= 4 is 0 Å². The highest BCUT2D eigenvalue weighted by atomic mass is 15.4. The number of pyridine rings is 1. The van der Waals surface area contributed by atoms with E-state index in [-0.39, 0.29) is 0 Å². The fourth-order valence-corrected chi connectivity index (χ4v) is 0.796. The number of rotatable bonds is 1. The minimum absolute atomic E-state index is 0.890. The normalized spacial score (nSPS) is 9.82. The molecule has 4 heteroatoms. The third-order valence-electron chi connectivity index (χ3n) is 1.29. The molecule has 0 atom stereocenters. The molecule has 0 bridgehead atoms. The lowest BCUT2D eigenvalue weighted by Gasteiger charge is -1.95. The van der Waals surface area contributed by atoms with Crippen molar-refractivity contribution in [3.8, 4) is 5.69 Å². The van der Waals surface area contributed by atoms with Crippen LogP contribution in [0.2, 0.25) is 0 Å². The number of hydrogen-bond donors (Lipinski definition) is 0. The lowest BCUT2D eigenvalue weighted by atomic mass is 10.4. The summed E-state index contributed by atoms with van der Waals surface area (Å²) < 4.78 is 1.60. The maximum atomic E-state index is 3.94. The van der Waals surface area contributed by atoms with Gasteiger partial charge in [-0.15, -0.1) is 5.10 Å². The van der Waals surface area contributed by atoms with Gasteiger partial charge in [-0.25, -0.2) is 4.68 Å². The Hall–Kier alpha value is -1.71. The first kappa shape index (κ1) is 6.03. The predicted octanol–water partition coefficient (Wildman–Crippen LogP) is 0.462. The van der Waals surface area contributed by atoms with Gasteiger partial charge in [-0.05, 0) is 12.1 Å². The third-order valence-corrected chi connectivity index (χ3v) is 1.29. The Kier molecular flexibility index (Phi) is 1.37. The van der Waals surface area contributed by atoms with Crippen molar-refractivity contribution in [3.63, 3.8) is 0 Å². The van der Waals surface area contributed by atoms with Crippen LogP contribution in [-0.4, -0.2) is 20.0 Å². The molecule has 0 saturated heterocycles. The van der Waals surface area contributed by atoms with E-state index in [4.69, 9.17) is 0 Å². The van der Waals surface area contributed by atoms with Crippen LogP contribution in [0.15, 0.2) is 30.7 Å². The molecule has 0 saturated carbocycles. The first-order valence-corrected chi connectivity index (χ1v) is 3.15. The zero-order chi connectivity index (χ0) is 7.52. The molecule has 0 amide bonds. The Morgan fingerprint density at radius 1 is 1.45 bits per heavy atom. The van der Waals surface area contributed by atoms with E-state index in [0.29, 0.717) is 0 Å². The quantitative estimate of drug-likeness (QED) is 0.585. The van der Waals surface area contributed by atoms with Crippen molar-refractivity contribution in [2.45, 2.75) is 0 Å². The van der Waals surface area contributed by atoms with E-state index in [1.54, 1.807) is 23.3 Å². The summed E-state index contributed by atoms with van der Waals surface area (Å²) in [7, 11) is 0. The SMILES string of the molecule is [c]1cn(-c2cccnc2)nn1. The molecule has 0 aliphatic rings. The average molecular weight is 145 g/mol.